The topological polar surface area (TPSA) is 95.7 Å². The molecule has 1 atom stereocenters. The van der Waals surface area contributed by atoms with Gasteiger partial charge >= 0.3 is 0 Å². The van der Waals surface area contributed by atoms with E-state index >= 15 is 0 Å². The number of aliphatic hydroxyl groups excluding tert-OH is 1. The van der Waals surface area contributed by atoms with E-state index in [0.29, 0.717) is 17.9 Å². The maximum Gasteiger partial charge on any atom is 0.258 e. The molecule has 5 N–H and O–H groups in total. The number of nitrogens with one attached hydrogen (secondary N) is 4. The van der Waals surface area contributed by atoms with Crippen molar-refractivity contribution in [1.29, 1.82) is 0 Å². The number of para-hydroxylation sites is 1. The van der Waals surface area contributed by atoms with Crippen molar-refractivity contribution in [2.75, 3.05) is 50.0 Å². The number of carbonyl (C=O) groups is 1. The van der Waals surface area contributed by atoms with E-state index in [1.54, 1.807) is 12.3 Å². The summed E-state index contributed by atoms with van der Waals surface area (Å²) in [7, 11) is 2.13. The molecule has 35 heavy (non-hydrogen) atoms. The van der Waals surface area contributed by atoms with Crippen molar-refractivity contribution in [1.82, 2.24) is 20.5 Å². The molecule has 0 spiro atoms. The molecule has 1 aromatic heterocycles. The molecule has 0 radical (unpaired) electrons. The number of aromatic amines is 1. The minimum absolute atomic E-state index is 0.274. The fourth-order valence-electron chi connectivity index (χ4n) is 4.66. The van der Waals surface area contributed by atoms with Crippen LogP contribution < -0.4 is 20.9 Å². The smallest absolute Gasteiger partial charge is 0.258 e. The van der Waals surface area contributed by atoms with E-state index in [1.165, 1.54) is 10.9 Å². The highest BCUT2D eigenvalue weighted by atomic mass is 16.3. The van der Waals surface area contributed by atoms with Crippen LogP contribution in [0.15, 0.2) is 78.3 Å². The summed E-state index contributed by atoms with van der Waals surface area (Å²) in [5.74, 6) is -0.334. The number of H-pyrrole nitrogens is 1. The van der Waals surface area contributed by atoms with Crippen molar-refractivity contribution in [2.24, 2.45) is 0 Å². The first-order chi connectivity index (χ1) is 17.1. The van der Waals surface area contributed by atoms with Crippen LogP contribution in [-0.2, 0) is 11.2 Å². The largest absolute Gasteiger partial charge is 0.384 e. The Kier molecular flexibility index (Phi) is 6.74. The molecule has 2 aromatic carbocycles. The van der Waals surface area contributed by atoms with Gasteiger partial charge in [-0.25, -0.2) is 0 Å². The van der Waals surface area contributed by atoms with Gasteiger partial charge in [-0.3, -0.25) is 4.79 Å². The number of allylic oxidation sites excluding steroid dienone is 1. The minimum Gasteiger partial charge on any atom is -0.384 e. The quantitative estimate of drug-likeness (QED) is 0.363. The molecular weight excluding hydrogens is 440 g/mol. The lowest BCUT2D eigenvalue weighted by atomic mass is 10.1. The van der Waals surface area contributed by atoms with Gasteiger partial charge in [0.25, 0.3) is 5.91 Å². The van der Waals surface area contributed by atoms with Crippen LogP contribution in [0.25, 0.3) is 10.9 Å². The minimum atomic E-state index is -1.09. The van der Waals surface area contributed by atoms with Crippen molar-refractivity contribution < 1.29 is 9.90 Å². The molecule has 2 aliphatic heterocycles. The van der Waals surface area contributed by atoms with Gasteiger partial charge in [-0.2, -0.15) is 0 Å². The van der Waals surface area contributed by atoms with Gasteiger partial charge in [0.1, 0.15) is 0 Å². The van der Waals surface area contributed by atoms with Crippen LogP contribution in [0.3, 0.4) is 0 Å². The van der Waals surface area contributed by atoms with E-state index in [4.69, 9.17) is 0 Å². The molecule has 8 heteroatoms. The SMILES string of the molecule is CN1CCN(c2cccc(NC(=O)C3=C(NCCc4c[nH]c5ccccc45)C=CNC3O)c2)CC1. The summed E-state index contributed by atoms with van der Waals surface area (Å²) in [5, 5.41) is 20.9. The van der Waals surface area contributed by atoms with E-state index < -0.39 is 6.23 Å². The van der Waals surface area contributed by atoms with Gasteiger partial charge in [0.15, 0.2) is 6.23 Å². The molecule has 0 bridgehead atoms. The van der Waals surface area contributed by atoms with Crippen LogP contribution in [0.1, 0.15) is 5.56 Å². The summed E-state index contributed by atoms with van der Waals surface area (Å²) in [6, 6.07) is 16.1. The number of likely N-dealkylation sites (N-methyl/N-ethyl adjacent to an activating group) is 1. The van der Waals surface area contributed by atoms with Crippen molar-refractivity contribution in [2.45, 2.75) is 12.6 Å². The predicted octanol–water partition coefficient (Wildman–Crippen LogP) is 2.38. The summed E-state index contributed by atoms with van der Waals surface area (Å²) >= 11 is 0. The first-order valence-corrected chi connectivity index (χ1v) is 12.1. The fourth-order valence-corrected chi connectivity index (χ4v) is 4.66. The second-order valence-corrected chi connectivity index (χ2v) is 9.06. The van der Waals surface area contributed by atoms with Crippen LogP contribution >= 0.6 is 0 Å². The standard InChI is InChI=1S/C27H32N6O2/c1-32-13-15-33(16-14-32)21-6-4-5-20(17-21)31-27(35)25-24(10-12-29-26(25)34)28-11-9-19-18-30-23-8-3-2-7-22(19)23/h2-8,10,12,17-18,26,28-30,34H,9,11,13-16H2,1H3,(H,31,35). The number of hydrogen-bond acceptors (Lipinski definition) is 6. The van der Waals surface area contributed by atoms with E-state index in [1.807, 2.05) is 36.5 Å². The fraction of sp³-hybridized carbons (Fsp3) is 0.296. The molecular formula is C27H32N6O2. The van der Waals surface area contributed by atoms with Gasteiger partial charge in [0, 0.05) is 73.1 Å². The van der Waals surface area contributed by atoms with Crippen LogP contribution in [0.2, 0.25) is 0 Å². The monoisotopic (exact) mass is 472 g/mol. The van der Waals surface area contributed by atoms with Crippen LogP contribution in [0, 0.1) is 0 Å². The van der Waals surface area contributed by atoms with Crippen LogP contribution in [-0.4, -0.2) is 66.9 Å². The number of aliphatic hydroxyl groups is 1. The van der Waals surface area contributed by atoms with Crippen LogP contribution in [0.4, 0.5) is 11.4 Å². The first-order valence-electron chi connectivity index (χ1n) is 12.1. The molecule has 8 nitrogen and oxygen atoms in total. The van der Waals surface area contributed by atoms with Crippen molar-refractivity contribution in [3.05, 3.63) is 83.8 Å². The highest BCUT2D eigenvalue weighted by molar-refractivity contribution is 6.05. The summed E-state index contributed by atoms with van der Waals surface area (Å²) in [6.45, 7) is 4.57. The van der Waals surface area contributed by atoms with Gasteiger partial charge in [0.05, 0.1) is 5.57 Å². The molecule has 182 valence electrons. The zero-order valence-electron chi connectivity index (χ0n) is 19.9. The van der Waals surface area contributed by atoms with E-state index in [2.05, 4.69) is 56.0 Å². The molecule has 0 saturated carbocycles. The third kappa shape index (κ3) is 5.18. The molecule has 2 aliphatic rings. The van der Waals surface area contributed by atoms with Crippen molar-refractivity contribution in [3.63, 3.8) is 0 Å². The number of aromatic nitrogens is 1. The Balaban J connectivity index is 1.27. The Morgan fingerprint density at radius 1 is 1.11 bits per heavy atom. The number of carbonyl (C=O) groups excluding carboxylic acids is 1. The number of amides is 1. The Morgan fingerprint density at radius 2 is 1.94 bits per heavy atom. The third-order valence-corrected chi connectivity index (χ3v) is 6.67. The number of piperazine rings is 1. The Labute approximate surface area is 205 Å². The summed E-state index contributed by atoms with van der Waals surface area (Å²) in [6.07, 6.45) is 5.17. The first kappa shape index (κ1) is 23.0. The number of rotatable bonds is 7. The summed E-state index contributed by atoms with van der Waals surface area (Å²) in [5.41, 5.74) is 5.00. The molecule has 0 aliphatic carbocycles. The second kappa shape index (κ2) is 10.2. The Morgan fingerprint density at radius 3 is 2.80 bits per heavy atom. The number of anilines is 2. The van der Waals surface area contributed by atoms with Gasteiger partial charge in [0.2, 0.25) is 0 Å². The highest BCUT2D eigenvalue weighted by Crippen LogP contribution is 2.23. The van der Waals surface area contributed by atoms with E-state index in [0.717, 1.165) is 43.8 Å². The molecule has 1 unspecified atom stereocenters. The molecule has 3 aromatic rings. The third-order valence-electron chi connectivity index (χ3n) is 6.67. The van der Waals surface area contributed by atoms with Crippen LogP contribution in [0.5, 0.6) is 0 Å². The zero-order chi connectivity index (χ0) is 24.2. The molecule has 3 heterocycles. The lowest BCUT2D eigenvalue weighted by molar-refractivity contribution is -0.114. The lowest BCUT2D eigenvalue weighted by Crippen LogP contribution is -2.44. The lowest BCUT2D eigenvalue weighted by Gasteiger charge is -2.34. The average molecular weight is 473 g/mol. The zero-order valence-corrected chi connectivity index (χ0v) is 19.9. The van der Waals surface area contributed by atoms with Crippen molar-refractivity contribution >= 4 is 28.2 Å². The summed E-state index contributed by atoms with van der Waals surface area (Å²) < 4.78 is 0. The molecule has 5 rings (SSSR count). The number of dihydropyridines is 1. The average Bonchev–Trinajstić information content (AvgIpc) is 3.28. The molecule has 1 fully saturated rings. The number of fused-ring (bicyclic) bond motifs is 1. The number of nitrogens with zero attached hydrogens (tertiary/aromatic N) is 2. The maximum atomic E-state index is 13.2. The van der Waals surface area contributed by atoms with Crippen molar-refractivity contribution in [3.8, 4) is 0 Å². The van der Waals surface area contributed by atoms with Gasteiger partial charge in [-0.05, 0) is 49.4 Å². The molecule has 1 amide bonds. The number of benzene rings is 2. The predicted molar refractivity (Wildman–Crippen MR) is 140 cm³/mol. The Hall–Kier alpha value is -3.75. The number of hydrogen-bond donors (Lipinski definition) is 5. The van der Waals surface area contributed by atoms with Gasteiger partial charge < -0.3 is 35.8 Å². The highest BCUT2D eigenvalue weighted by Gasteiger charge is 2.25. The maximum absolute atomic E-state index is 13.2. The van der Waals surface area contributed by atoms with E-state index in [-0.39, 0.29) is 11.5 Å². The van der Waals surface area contributed by atoms with E-state index in [9.17, 15) is 9.90 Å². The Bertz CT molecular complexity index is 1260. The summed E-state index contributed by atoms with van der Waals surface area (Å²) in [4.78, 5) is 21.1. The van der Waals surface area contributed by atoms with Gasteiger partial charge in [-0.15, -0.1) is 0 Å². The van der Waals surface area contributed by atoms with Gasteiger partial charge in [-0.1, -0.05) is 24.3 Å². The molecule has 1 saturated heterocycles. The normalized spacial score (nSPS) is 18.6. The second-order valence-electron chi connectivity index (χ2n) is 9.06.